The van der Waals surface area contributed by atoms with Crippen molar-refractivity contribution in [1.82, 2.24) is 9.80 Å². The molecule has 35 heavy (non-hydrogen) atoms. The van der Waals surface area contributed by atoms with Crippen molar-refractivity contribution in [3.8, 4) is 5.75 Å². The zero-order valence-electron chi connectivity index (χ0n) is 20.8. The van der Waals surface area contributed by atoms with Gasteiger partial charge >= 0.3 is 0 Å². The minimum absolute atomic E-state index is 0.130. The van der Waals surface area contributed by atoms with Crippen molar-refractivity contribution in [3.63, 3.8) is 0 Å². The van der Waals surface area contributed by atoms with Gasteiger partial charge in [-0.15, -0.1) is 0 Å². The number of hydrogen-bond acceptors (Lipinski definition) is 6. The Balaban J connectivity index is 1.73. The first-order chi connectivity index (χ1) is 16.9. The number of rotatable bonds is 8. The number of likely N-dealkylation sites (tertiary alicyclic amines) is 1. The summed E-state index contributed by atoms with van der Waals surface area (Å²) < 4.78 is 11.1. The van der Waals surface area contributed by atoms with Gasteiger partial charge in [0.05, 0.1) is 31.4 Å². The molecule has 2 saturated heterocycles. The Labute approximate surface area is 206 Å². The second-order valence-electron chi connectivity index (χ2n) is 9.18. The molecule has 7 nitrogen and oxygen atoms in total. The maximum absolute atomic E-state index is 13.3. The number of morpholine rings is 1. The van der Waals surface area contributed by atoms with Crippen molar-refractivity contribution in [2.45, 2.75) is 33.2 Å². The molecule has 186 valence electrons. The van der Waals surface area contributed by atoms with Crippen LogP contribution in [0.15, 0.2) is 48.0 Å². The Hall–Kier alpha value is -3.16. The molecule has 0 radical (unpaired) electrons. The van der Waals surface area contributed by atoms with Crippen LogP contribution in [-0.2, 0) is 14.3 Å². The number of aryl methyl sites for hydroxylation is 2. The van der Waals surface area contributed by atoms with Crippen LogP contribution in [0.5, 0.6) is 5.75 Å². The van der Waals surface area contributed by atoms with Crippen LogP contribution in [0, 0.1) is 13.8 Å². The average Bonchev–Trinajstić information content (AvgIpc) is 3.13. The summed E-state index contributed by atoms with van der Waals surface area (Å²) in [7, 11) is 0. The van der Waals surface area contributed by atoms with E-state index in [0.29, 0.717) is 38.5 Å². The fourth-order valence-electron chi connectivity index (χ4n) is 4.63. The summed E-state index contributed by atoms with van der Waals surface area (Å²) in [6, 6.07) is 12.5. The predicted molar refractivity (Wildman–Crippen MR) is 134 cm³/mol. The number of aliphatic hydroxyl groups is 1. The van der Waals surface area contributed by atoms with Crippen molar-refractivity contribution in [3.05, 3.63) is 70.3 Å². The van der Waals surface area contributed by atoms with E-state index in [1.807, 2.05) is 63.2 Å². The van der Waals surface area contributed by atoms with Crippen molar-refractivity contribution < 1.29 is 24.2 Å². The lowest BCUT2D eigenvalue weighted by molar-refractivity contribution is -0.140. The summed E-state index contributed by atoms with van der Waals surface area (Å²) in [6.07, 6.45) is 0.902. The summed E-state index contributed by atoms with van der Waals surface area (Å²) in [4.78, 5) is 30.4. The van der Waals surface area contributed by atoms with Gasteiger partial charge in [0.2, 0.25) is 0 Å². The van der Waals surface area contributed by atoms with E-state index in [9.17, 15) is 14.7 Å². The van der Waals surface area contributed by atoms with Gasteiger partial charge < -0.3 is 19.5 Å². The van der Waals surface area contributed by atoms with Crippen molar-refractivity contribution in [1.29, 1.82) is 0 Å². The third-order valence-corrected chi connectivity index (χ3v) is 6.62. The van der Waals surface area contributed by atoms with E-state index < -0.39 is 17.7 Å². The summed E-state index contributed by atoms with van der Waals surface area (Å²) in [6.45, 7) is 10.4. The molecule has 2 heterocycles. The van der Waals surface area contributed by atoms with Crippen LogP contribution < -0.4 is 4.74 Å². The van der Waals surface area contributed by atoms with Crippen molar-refractivity contribution >= 4 is 17.4 Å². The standard InChI is InChI=1S/C28H34N2O5/c1-4-15-35-22-9-7-21(8-10-22)25-24(26(31)23-18-19(2)5-6-20(23)3)27(32)28(33)30(25)12-11-29-13-16-34-17-14-29/h5-10,18,25,31H,4,11-17H2,1-3H3/b26-24+. The summed E-state index contributed by atoms with van der Waals surface area (Å²) >= 11 is 0. The summed E-state index contributed by atoms with van der Waals surface area (Å²) in [5.74, 6) is -0.631. The molecule has 2 aliphatic rings. The molecule has 1 unspecified atom stereocenters. The number of nitrogens with zero attached hydrogens (tertiary/aromatic N) is 2. The van der Waals surface area contributed by atoms with Gasteiger partial charge in [0.1, 0.15) is 11.5 Å². The second kappa shape index (κ2) is 11.1. The predicted octanol–water partition coefficient (Wildman–Crippen LogP) is 3.85. The van der Waals surface area contributed by atoms with Crippen LogP contribution in [0.2, 0.25) is 0 Å². The molecule has 2 aliphatic heterocycles. The molecule has 1 atom stereocenters. The number of Topliss-reactive ketones (excluding diaryl/α,β-unsaturated/α-hetero) is 1. The summed E-state index contributed by atoms with van der Waals surface area (Å²) in [5, 5.41) is 11.4. The first-order valence-electron chi connectivity index (χ1n) is 12.3. The number of ketones is 1. The van der Waals surface area contributed by atoms with E-state index >= 15 is 0 Å². The number of aliphatic hydroxyl groups excluding tert-OH is 1. The molecular weight excluding hydrogens is 444 g/mol. The maximum atomic E-state index is 13.3. The average molecular weight is 479 g/mol. The normalized spacial score (nSPS) is 20.4. The lowest BCUT2D eigenvalue weighted by atomic mass is 9.93. The van der Waals surface area contributed by atoms with Crippen LogP contribution in [0.1, 0.15) is 41.6 Å². The Bertz CT molecular complexity index is 1100. The molecule has 4 rings (SSSR count). The van der Waals surface area contributed by atoms with Gasteiger partial charge in [-0.3, -0.25) is 14.5 Å². The molecule has 2 aromatic carbocycles. The first-order valence-corrected chi connectivity index (χ1v) is 12.3. The van der Waals surface area contributed by atoms with Crippen molar-refractivity contribution in [2.24, 2.45) is 0 Å². The molecule has 0 saturated carbocycles. The zero-order chi connectivity index (χ0) is 24.9. The minimum Gasteiger partial charge on any atom is -0.507 e. The molecule has 0 aromatic heterocycles. The van der Waals surface area contributed by atoms with E-state index in [1.54, 1.807) is 4.90 Å². The van der Waals surface area contributed by atoms with Gasteiger partial charge in [-0.2, -0.15) is 0 Å². The van der Waals surface area contributed by atoms with E-state index in [0.717, 1.165) is 42.0 Å². The molecule has 1 amide bonds. The van der Waals surface area contributed by atoms with Gasteiger partial charge in [-0.25, -0.2) is 0 Å². The smallest absolute Gasteiger partial charge is 0.295 e. The van der Waals surface area contributed by atoms with Gasteiger partial charge in [-0.1, -0.05) is 36.8 Å². The van der Waals surface area contributed by atoms with E-state index in [4.69, 9.17) is 9.47 Å². The Morgan fingerprint density at radius 1 is 1.06 bits per heavy atom. The Kier molecular flexibility index (Phi) is 7.88. The second-order valence-corrected chi connectivity index (χ2v) is 9.18. The highest BCUT2D eigenvalue weighted by atomic mass is 16.5. The zero-order valence-corrected chi connectivity index (χ0v) is 20.8. The maximum Gasteiger partial charge on any atom is 0.295 e. The highest BCUT2D eigenvalue weighted by Crippen LogP contribution is 2.40. The van der Waals surface area contributed by atoms with Crippen molar-refractivity contribution in [2.75, 3.05) is 46.0 Å². The van der Waals surface area contributed by atoms with Crippen LogP contribution in [0.4, 0.5) is 0 Å². The van der Waals surface area contributed by atoms with E-state index in [2.05, 4.69) is 4.90 Å². The van der Waals surface area contributed by atoms with Crippen LogP contribution >= 0.6 is 0 Å². The molecule has 1 N–H and O–H groups in total. The molecular formula is C28H34N2O5. The van der Waals surface area contributed by atoms with Crippen LogP contribution in [0.3, 0.4) is 0 Å². The molecule has 2 fully saturated rings. The number of benzene rings is 2. The van der Waals surface area contributed by atoms with Gasteiger partial charge in [0, 0.05) is 31.7 Å². The molecule has 0 aliphatic carbocycles. The largest absolute Gasteiger partial charge is 0.507 e. The van der Waals surface area contributed by atoms with Gasteiger partial charge in [0.25, 0.3) is 11.7 Å². The monoisotopic (exact) mass is 478 g/mol. The molecule has 2 aromatic rings. The quantitative estimate of drug-likeness (QED) is 0.353. The first kappa shape index (κ1) is 24.9. The number of carbonyl (C=O) groups is 2. The fourth-order valence-corrected chi connectivity index (χ4v) is 4.63. The topological polar surface area (TPSA) is 79.3 Å². The summed E-state index contributed by atoms with van der Waals surface area (Å²) in [5.41, 5.74) is 3.28. The number of hydrogen-bond donors (Lipinski definition) is 1. The molecule has 7 heteroatoms. The third-order valence-electron chi connectivity index (χ3n) is 6.62. The fraction of sp³-hybridized carbons (Fsp3) is 0.429. The Morgan fingerprint density at radius 2 is 1.77 bits per heavy atom. The molecule has 0 bridgehead atoms. The van der Waals surface area contributed by atoms with E-state index in [1.165, 1.54) is 0 Å². The van der Waals surface area contributed by atoms with Crippen LogP contribution in [0.25, 0.3) is 5.76 Å². The Morgan fingerprint density at radius 3 is 2.46 bits per heavy atom. The molecule has 0 spiro atoms. The highest BCUT2D eigenvalue weighted by Gasteiger charge is 2.46. The van der Waals surface area contributed by atoms with Gasteiger partial charge in [0.15, 0.2) is 0 Å². The SMILES string of the molecule is CCCOc1ccc(C2/C(=C(\O)c3cc(C)ccc3C)C(=O)C(=O)N2CCN2CCOCC2)cc1. The minimum atomic E-state index is -0.670. The lowest BCUT2D eigenvalue weighted by Crippen LogP contribution is -2.42. The lowest BCUT2D eigenvalue weighted by Gasteiger charge is -2.31. The number of ether oxygens (including phenoxy) is 2. The highest BCUT2D eigenvalue weighted by molar-refractivity contribution is 6.46. The number of carbonyl (C=O) groups excluding carboxylic acids is 2. The van der Waals surface area contributed by atoms with Crippen LogP contribution in [-0.4, -0.2) is 72.6 Å². The number of amides is 1. The third kappa shape index (κ3) is 5.41. The van der Waals surface area contributed by atoms with E-state index in [-0.39, 0.29) is 11.3 Å². The van der Waals surface area contributed by atoms with Gasteiger partial charge in [-0.05, 0) is 49.6 Å².